The minimum absolute atomic E-state index is 0.340. The molecule has 0 spiro atoms. The SMILES string of the molecule is N#Cc1ccc(CN2CCc3cccc(N)c32)c(F)c1. The molecule has 0 bridgehead atoms. The van der Waals surface area contributed by atoms with E-state index in [9.17, 15) is 4.39 Å². The van der Waals surface area contributed by atoms with E-state index in [1.807, 2.05) is 18.2 Å². The van der Waals surface area contributed by atoms with Gasteiger partial charge in [0.2, 0.25) is 0 Å². The first-order chi connectivity index (χ1) is 9.69. The van der Waals surface area contributed by atoms with Gasteiger partial charge in [0.1, 0.15) is 5.82 Å². The molecule has 4 heteroatoms. The van der Waals surface area contributed by atoms with Crippen LogP contribution in [0.2, 0.25) is 0 Å². The fraction of sp³-hybridized carbons (Fsp3) is 0.188. The molecular weight excluding hydrogens is 253 g/mol. The number of hydrogen-bond acceptors (Lipinski definition) is 3. The first-order valence-corrected chi connectivity index (χ1v) is 6.50. The Kier molecular flexibility index (Phi) is 3.03. The number of nitrogens with two attached hydrogens (primary N) is 1. The van der Waals surface area contributed by atoms with Crippen LogP contribution in [0.4, 0.5) is 15.8 Å². The van der Waals surface area contributed by atoms with Gasteiger partial charge in [0.15, 0.2) is 0 Å². The van der Waals surface area contributed by atoms with Crippen LogP contribution < -0.4 is 10.6 Å². The molecule has 2 N–H and O–H groups in total. The molecule has 1 aliphatic rings. The highest BCUT2D eigenvalue weighted by molar-refractivity contribution is 5.74. The Morgan fingerprint density at radius 2 is 2.15 bits per heavy atom. The summed E-state index contributed by atoms with van der Waals surface area (Å²) >= 11 is 0. The van der Waals surface area contributed by atoms with Crippen molar-refractivity contribution in [2.75, 3.05) is 17.2 Å². The fourth-order valence-electron chi connectivity index (χ4n) is 2.67. The third-order valence-electron chi connectivity index (χ3n) is 3.66. The van der Waals surface area contributed by atoms with Crippen LogP contribution in [-0.2, 0) is 13.0 Å². The number of nitriles is 1. The van der Waals surface area contributed by atoms with Crippen molar-refractivity contribution < 1.29 is 4.39 Å². The van der Waals surface area contributed by atoms with E-state index in [0.717, 1.165) is 24.3 Å². The molecule has 20 heavy (non-hydrogen) atoms. The number of nitrogens with zero attached hydrogens (tertiary/aromatic N) is 2. The zero-order chi connectivity index (χ0) is 14.1. The number of halogens is 1. The Hall–Kier alpha value is -2.54. The molecule has 1 aliphatic heterocycles. The molecule has 3 rings (SSSR count). The topological polar surface area (TPSA) is 53.0 Å². The fourth-order valence-corrected chi connectivity index (χ4v) is 2.67. The van der Waals surface area contributed by atoms with E-state index in [1.165, 1.54) is 11.6 Å². The highest BCUT2D eigenvalue weighted by atomic mass is 19.1. The summed E-state index contributed by atoms with van der Waals surface area (Å²) in [7, 11) is 0. The standard InChI is InChI=1S/C16H14FN3/c17-14-8-11(9-18)4-5-13(14)10-20-7-6-12-2-1-3-15(19)16(12)20/h1-5,8H,6-7,10,19H2. The highest BCUT2D eigenvalue weighted by Gasteiger charge is 2.22. The Balaban J connectivity index is 1.90. The van der Waals surface area contributed by atoms with Crippen molar-refractivity contribution in [1.29, 1.82) is 5.26 Å². The van der Waals surface area contributed by atoms with Crippen molar-refractivity contribution in [2.24, 2.45) is 0 Å². The number of anilines is 2. The summed E-state index contributed by atoms with van der Waals surface area (Å²) in [5.41, 5.74) is 9.89. The van der Waals surface area contributed by atoms with Crippen molar-refractivity contribution in [1.82, 2.24) is 0 Å². The average molecular weight is 267 g/mol. The predicted molar refractivity (Wildman–Crippen MR) is 76.7 cm³/mol. The lowest BCUT2D eigenvalue weighted by atomic mass is 10.1. The maximum Gasteiger partial charge on any atom is 0.129 e. The van der Waals surface area contributed by atoms with Gasteiger partial charge in [-0.2, -0.15) is 5.26 Å². The average Bonchev–Trinajstić information content (AvgIpc) is 2.85. The normalized spacial score (nSPS) is 13.1. The smallest absolute Gasteiger partial charge is 0.129 e. The van der Waals surface area contributed by atoms with E-state index in [2.05, 4.69) is 11.0 Å². The second-order valence-corrected chi connectivity index (χ2v) is 4.94. The van der Waals surface area contributed by atoms with Crippen LogP contribution in [0.1, 0.15) is 16.7 Å². The largest absolute Gasteiger partial charge is 0.397 e. The van der Waals surface area contributed by atoms with Gasteiger partial charge in [0.25, 0.3) is 0 Å². The van der Waals surface area contributed by atoms with Gasteiger partial charge in [0.05, 0.1) is 23.0 Å². The van der Waals surface area contributed by atoms with E-state index < -0.39 is 0 Å². The van der Waals surface area contributed by atoms with E-state index in [0.29, 0.717) is 17.7 Å². The predicted octanol–water partition coefficient (Wildman–Crippen LogP) is 2.84. The molecule has 0 saturated heterocycles. The summed E-state index contributed by atoms with van der Waals surface area (Å²) in [5.74, 6) is -0.341. The van der Waals surface area contributed by atoms with Crippen LogP contribution in [0.25, 0.3) is 0 Å². The molecule has 1 heterocycles. The summed E-state index contributed by atoms with van der Waals surface area (Å²) in [6, 6.07) is 12.4. The summed E-state index contributed by atoms with van der Waals surface area (Å²) in [6.45, 7) is 1.31. The van der Waals surface area contributed by atoms with Crippen molar-refractivity contribution in [3.05, 3.63) is 58.9 Å². The van der Waals surface area contributed by atoms with Crippen LogP contribution in [0, 0.1) is 17.1 Å². The van der Waals surface area contributed by atoms with Crippen molar-refractivity contribution in [3.63, 3.8) is 0 Å². The van der Waals surface area contributed by atoms with E-state index in [4.69, 9.17) is 11.0 Å². The molecular formula is C16H14FN3. The third-order valence-corrected chi connectivity index (χ3v) is 3.66. The summed E-state index contributed by atoms with van der Waals surface area (Å²) in [4.78, 5) is 2.09. The van der Waals surface area contributed by atoms with Crippen molar-refractivity contribution >= 4 is 11.4 Å². The van der Waals surface area contributed by atoms with Gasteiger partial charge in [-0.15, -0.1) is 0 Å². The zero-order valence-corrected chi connectivity index (χ0v) is 10.9. The Labute approximate surface area is 117 Å². The van der Waals surface area contributed by atoms with E-state index in [1.54, 1.807) is 12.1 Å². The third kappa shape index (κ3) is 2.08. The molecule has 0 unspecified atom stereocenters. The molecule has 0 fully saturated rings. The molecule has 0 atom stereocenters. The number of fused-ring (bicyclic) bond motifs is 1. The van der Waals surface area contributed by atoms with E-state index in [-0.39, 0.29) is 5.82 Å². The van der Waals surface area contributed by atoms with E-state index >= 15 is 0 Å². The van der Waals surface area contributed by atoms with Crippen LogP contribution in [-0.4, -0.2) is 6.54 Å². The first kappa shape index (κ1) is 12.5. The van der Waals surface area contributed by atoms with Crippen LogP contribution in [0.5, 0.6) is 0 Å². The number of para-hydroxylation sites is 1. The van der Waals surface area contributed by atoms with Gasteiger partial charge in [-0.1, -0.05) is 18.2 Å². The number of rotatable bonds is 2. The zero-order valence-electron chi connectivity index (χ0n) is 10.9. The molecule has 2 aromatic rings. The maximum atomic E-state index is 14.0. The number of benzene rings is 2. The van der Waals surface area contributed by atoms with Gasteiger partial charge in [0, 0.05) is 18.7 Å². The van der Waals surface area contributed by atoms with Gasteiger partial charge >= 0.3 is 0 Å². The molecule has 0 radical (unpaired) electrons. The van der Waals surface area contributed by atoms with Gasteiger partial charge < -0.3 is 10.6 Å². The Bertz CT molecular complexity index is 703. The first-order valence-electron chi connectivity index (χ1n) is 6.50. The molecule has 0 aliphatic carbocycles. The Morgan fingerprint density at radius 3 is 2.90 bits per heavy atom. The monoisotopic (exact) mass is 267 g/mol. The second-order valence-electron chi connectivity index (χ2n) is 4.94. The summed E-state index contributed by atoms with van der Waals surface area (Å²) < 4.78 is 14.0. The van der Waals surface area contributed by atoms with Gasteiger partial charge in [-0.3, -0.25) is 0 Å². The van der Waals surface area contributed by atoms with Gasteiger partial charge in [-0.05, 0) is 30.2 Å². The molecule has 3 nitrogen and oxygen atoms in total. The van der Waals surface area contributed by atoms with Crippen LogP contribution in [0.15, 0.2) is 36.4 Å². The molecule has 0 saturated carbocycles. The molecule has 2 aromatic carbocycles. The lowest BCUT2D eigenvalue weighted by Crippen LogP contribution is -2.21. The summed E-state index contributed by atoms with van der Waals surface area (Å²) in [5, 5.41) is 8.76. The maximum absolute atomic E-state index is 14.0. The van der Waals surface area contributed by atoms with Gasteiger partial charge in [-0.25, -0.2) is 4.39 Å². The summed E-state index contributed by atoms with van der Waals surface area (Å²) in [6.07, 6.45) is 0.929. The number of nitrogen functional groups attached to an aromatic ring is 1. The van der Waals surface area contributed by atoms with Crippen molar-refractivity contribution in [2.45, 2.75) is 13.0 Å². The minimum atomic E-state index is -0.341. The van der Waals surface area contributed by atoms with Crippen molar-refractivity contribution in [3.8, 4) is 6.07 Å². The lowest BCUT2D eigenvalue weighted by molar-refractivity contribution is 0.605. The van der Waals surface area contributed by atoms with Crippen LogP contribution >= 0.6 is 0 Å². The highest BCUT2D eigenvalue weighted by Crippen LogP contribution is 2.34. The quantitative estimate of drug-likeness (QED) is 0.851. The minimum Gasteiger partial charge on any atom is -0.397 e. The molecule has 100 valence electrons. The number of hydrogen-bond donors (Lipinski definition) is 1. The van der Waals surface area contributed by atoms with Crippen LogP contribution in [0.3, 0.4) is 0 Å². The lowest BCUT2D eigenvalue weighted by Gasteiger charge is -2.21. The molecule has 0 aromatic heterocycles. The second kappa shape index (κ2) is 4.86. The molecule has 0 amide bonds. The Morgan fingerprint density at radius 1 is 1.30 bits per heavy atom.